The van der Waals surface area contributed by atoms with E-state index >= 15 is 0 Å². The Hall–Kier alpha value is -0.820. The van der Waals surface area contributed by atoms with Crippen LogP contribution in [0.5, 0.6) is 0 Å². The van der Waals surface area contributed by atoms with Crippen molar-refractivity contribution in [3.63, 3.8) is 0 Å². The fourth-order valence-corrected chi connectivity index (χ4v) is 3.61. The van der Waals surface area contributed by atoms with Crippen molar-refractivity contribution in [3.05, 3.63) is 33.8 Å². The zero-order chi connectivity index (χ0) is 15.1. The lowest BCUT2D eigenvalue weighted by Crippen LogP contribution is -2.33. The van der Waals surface area contributed by atoms with Gasteiger partial charge in [-0.2, -0.15) is 0 Å². The Balaban J connectivity index is 2.26. The summed E-state index contributed by atoms with van der Waals surface area (Å²) in [7, 11) is -3.72. The van der Waals surface area contributed by atoms with Crippen LogP contribution >= 0.6 is 23.2 Å². The Bertz CT molecular complexity index is 648. The molecule has 110 valence electrons. The molecule has 2 unspecified atom stereocenters. The predicted molar refractivity (Wildman–Crippen MR) is 78.1 cm³/mol. The van der Waals surface area contributed by atoms with E-state index in [1.807, 2.05) is 0 Å². The quantitative estimate of drug-likeness (QED) is 0.915. The van der Waals surface area contributed by atoms with E-state index in [4.69, 9.17) is 28.3 Å². The van der Waals surface area contributed by atoms with Gasteiger partial charge in [-0.1, -0.05) is 29.3 Å². The molecule has 2 rings (SSSR count). The molecule has 1 amide bonds. The maximum Gasteiger partial charge on any atom is 0.224 e. The molecule has 0 aromatic heterocycles. The summed E-state index contributed by atoms with van der Waals surface area (Å²) in [6.45, 7) is 1.87. The van der Waals surface area contributed by atoms with Gasteiger partial charge in [-0.3, -0.25) is 4.79 Å². The maximum absolute atomic E-state index is 12.0. The SMILES string of the molecule is CC(c1ccc(Cl)cc1Cl)N1CC(S(N)(=O)=O)CC1=O. The fourth-order valence-electron chi connectivity index (χ4n) is 2.30. The molecule has 0 spiro atoms. The number of carbonyl (C=O) groups excluding carboxylic acids is 1. The molecular formula is C12H14Cl2N2O3S. The molecule has 0 radical (unpaired) electrons. The van der Waals surface area contributed by atoms with Crippen molar-refractivity contribution >= 4 is 39.1 Å². The Morgan fingerprint density at radius 3 is 2.55 bits per heavy atom. The zero-order valence-corrected chi connectivity index (χ0v) is 13.0. The summed E-state index contributed by atoms with van der Waals surface area (Å²) in [5, 5.41) is 5.19. The fraction of sp³-hybridized carbons (Fsp3) is 0.417. The first kappa shape index (κ1) is 15.6. The Kier molecular flexibility index (Phi) is 4.30. The molecule has 1 aliphatic rings. The number of likely N-dealkylation sites (tertiary alicyclic amines) is 1. The molecule has 0 aliphatic carbocycles. The topological polar surface area (TPSA) is 80.5 Å². The molecule has 1 aliphatic heterocycles. The lowest BCUT2D eigenvalue weighted by Gasteiger charge is -2.25. The lowest BCUT2D eigenvalue weighted by molar-refractivity contribution is -0.129. The number of nitrogens with zero attached hydrogens (tertiary/aromatic N) is 1. The van der Waals surface area contributed by atoms with Gasteiger partial charge < -0.3 is 4.90 Å². The van der Waals surface area contributed by atoms with Gasteiger partial charge in [0.05, 0.1) is 6.04 Å². The maximum atomic E-state index is 12.0. The number of halogens is 2. The number of hydrogen-bond acceptors (Lipinski definition) is 3. The summed E-state index contributed by atoms with van der Waals surface area (Å²) in [5.41, 5.74) is 0.722. The summed E-state index contributed by atoms with van der Waals surface area (Å²) in [5.74, 6) is -0.248. The van der Waals surface area contributed by atoms with E-state index in [1.165, 1.54) is 4.90 Å². The molecule has 1 aromatic carbocycles. The van der Waals surface area contributed by atoms with Crippen LogP contribution in [-0.4, -0.2) is 31.0 Å². The van der Waals surface area contributed by atoms with E-state index in [-0.39, 0.29) is 24.9 Å². The first-order valence-electron chi connectivity index (χ1n) is 5.96. The summed E-state index contributed by atoms with van der Waals surface area (Å²) in [6.07, 6.45) is -0.0889. The molecule has 5 nitrogen and oxygen atoms in total. The minimum absolute atomic E-state index is 0.0811. The number of sulfonamides is 1. The Morgan fingerprint density at radius 1 is 1.40 bits per heavy atom. The van der Waals surface area contributed by atoms with Crippen LogP contribution in [0.25, 0.3) is 0 Å². The number of benzene rings is 1. The average Bonchev–Trinajstić information content (AvgIpc) is 2.70. The molecule has 1 saturated heterocycles. The molecule has 8 heteroatoms. The zero-order valence-electron chi connectivity index (χ0n) is 10.7. The summed E-state index contributed by atoms with van der Waals surface area (Å²) >= 11 is 11.9. The van der Waals surface area contributed by atoms with Crippen molar-refractivity contribution in [2.75, 3.05) is 6.54 Å². The Labute approximate surface area is 127 Å². The minimum Gasteiger partial charge on any atom is -0.334 e. The van der Waals surface area contributed by atoms with E-state index in [0.717, 1.165) is 5.56 Å². The van der Waals surface area contributed by atoms with Crippen molar-refractivity contribution in [1.82, 2.24) is 4.90 Å². The van der Waals surface area contributed by atoms with Crippen molar-refractivity contribution in [2.24, 2.45) is 5.14 Å². The Morgan fingerprint density at radius 2 is 2.05 bits per heavy atom. The number of primary sulfonamides is 1. The van der Waals surface area contributed by atoms with Gasteiger partial charge in [-0.15, -0.1) is 0 Å². The summed E-state index contributed by atoms with van der Waals surface area (Å²) in [4.78, 5) is 13.4. The average molecular weight is 337 g/mol. The highest BCUT2D eigenvalue weighted by Gasteiger charge is 2.39. The number of nitrogens with two attached hydrogens (primary N) is 1. The second kappa shape index (κ2) is 5.52. The van der Waals surface area contributed by atoms with Crippen molar-refractivity contribution in [2.45, 2.75) is 24.6 Å². The van der Waals surface area contributed by atoms with Gasteiger partial charge in [0.25, 0.3) is 0 Å². The van der Waals surface area contributed by atoms with Crippen LogP contribution < -0.4 is 5.14 Å². The van der Waals surface area contributed by atoms with Crippen molar-refractivity contribution < 1.29 is 13.2 Å². The monoisotopic (exact) mass is 336 g/mol. The molecule has 0 saturated carbocycles. The van der Waals surface area contributed by atoms with Gasteiger partial charge in [-0.25, -0.2) is 13.6 Å². The second-order valence-corrected chi connectivity index (χ2v) is 7.49. The van der Waals surface area contributed by atoms with Crippen molar-refractivity contribution in [1.29, 1.82) is 0 Å². The van der Waals surface area contributed by atoms with E-state index in [1.54, 1.807) is 25.1 Å². The van der Waals surface area contributed by atoms with Crippen LogP contribution in [-0.2, 0) is 14.8 Å². The highest BCUT2D eigenvalue weighted by atomic mass is 35.5. The lowest BCUT2D eigenvalue weighted by atomic mass is 10.1. The molecule has 2 atom stereocenters. The number of hydrogen-bond donors (Lipinski definition) is 1. The van der Waals surface area contributed by atoms with Crippen LogP contribution in [0.15, 0.2) is 18.2 Å². The molecule has 1 heterocycles. The molecule has 1 aromatic rings. The normalized spacial score (nSPS) is 21.3. The second-order valence-electron chi connectivity index (χ2n) is 4.80. The first-order valence-corrected chi connectivity index (χ1v) is 8.32. The van der Waals surface area contributed by atoms with Gasteiger partial charge >= 0.3 is 0 Å². The number of rotatable bonds is 3. The van der Waals surface area contributed by atoms with E-state index in [2.05, 4.69) is 0 Å². The van der Waals surface area contributed by atoms with E-state index < -0.39 is 15.3 Å². The van der Waals surface area contributed by atoms with Gasteiger partial charge in [-0.05, 0) is 24.6 Å². The summed E-state index contributed by atoms with van der Waals surface area (Å²) in [6, 6.07) is 4.66. The smallest absolute Gasteiger partial charge is 0.224 e. The van der Waals surface area contributed by atoms with Crippen LogP contribution in [0.4, 0.5) is 0 Å². The van der Waals surface area contributed by atoms with Gasteiger partial charge in [0.1, 0.15) is 5.25 Å². The van der Waals surface area contributed by atoms with E-state index in [0.29, 0.717) is 10.0 Å². The minimum atomic E-state index is -3.72. The predicted octanol–water partition coefficient (Wildman–Crippen LogP) is 1.94. The third kappa shape index (κ3) is 3.09. The van der Waals surface area contributed by atoms with Gasteiger partial charge in [0, 0.05) is 23.0 Å². The largest absolute Gasteiger partial charge is 0.334 e. The van der Waals surface area contributed by atoms with Crippen LogP contribution in [0, 0.1) is 0 Å². The first-order chi connectivity index (χ1) is 9.20. The molecular weight excluding hydrogens is 323 g/mol. The molecule has 2 N–H and O–H groups in total. The standard InChI is InChI=1S/C12H14Cl2N2O3S/c1-7(10-3-2-8(13)4-11(10)14)16-6-9(5-12(16)17)20(15,18)19/h2-4,7,9H,5-6H2,1H3,(H2,15,18,19). The van der Waals surface area contributed by atoms with Crippen molar-refractivity contribution in [3.8, 4) is 0 Å². The van der Waals surface area contributed by atoms with Gasteiger partial charge in [0.2, 0.25) is 15.9 Å². The molecule has 1 fully saturated rings. The third-order valence-electron chi connectivity index (χ3n) is 3.47. The van der Waals surface area contributed by atoms with Crippen LogP contribution in [0.3, 0.4) is 0 Å². The molecule has 0 bridgehead atoms. The highest BCUT2D eigenvalue weighted by Crippen LogP contribution is 2.33. The third-order valence-corrected chi connectivity index (χ3v) is 5.28. The summed E-state index contributed by atoms with van der Waals surface area (Å²) < 4.78 is 22.7. The molecule has 20 heavy (non-hydrogen) atoms. The number of amides is 1. The van der Waals surface area contributed by atoms with Gasteiger partial charge in [0.15, 0.2) is 0 Å². The number of carbonyl (C=O) groups is 1. The highest BCUT2D eigenvalue weighted by molar-refractivity contribution is 7.89. The van der Waals surface area contributed by atoms with Crippen LogP contribution in [0.1, 0.15) is 24.9 Å². The van der Waals surface area contributed by atoms with E-state index in [9.17, 15) is 13.2 Å². The van der Waals surface area contributed by atoms with Crippen LogP contribution in [0.2, 0.25) is 10.0 Å².